The number of aliphatic hydroxyl groups is 1. The summed E-state index contributed by atoms with van der Waals surface area (Å²) in [5, 5.41) is 8.98. The first-order valence-corrected chi connectivity index (χ1v) is 5.90. The van der Waals surface area contributed by atoms with Crippen LogP contribution < -0.4 is 0 Å². The van der Waals surface area contributed by atoms with Gasteiger partial charge in [0.1, 0.15) is 6.23 Å². The molecule has 2 atom stereocenters. The summed E-state index contributed by atoms with van der Waals surface area (Å²) in [5.74, 6) is 0. The Labute approximate surface area is 86.0 Å². The van der Waals surface area contributed by atoms with Gasteiger partial charge in [0.05, 0.1) is 0 Å². The zero-order chi connectivity index (χ0) is 9.80. The van der Waals surface area contributed by atoms with E-state index in [0.717, 1.165) is 19.6 Å². The Kier molecular flexibility index (Phi) is 3.79. The monoisotopic (exact) mass is 199 g/mol. The van der Waals surface area contributed by atoms with E-state index in [2.05, 4.69) is 4.90 Å². The molecular formula is C11H21NO2. The van der Waals surface area contributed by atoms with E-state index in [0.29, 0.717) is 18.9 Å². The molecule has 2 rings (SSSR count). The summed E-state index contributed by atoms with van der Waals surface area (Å²) in [4.78, 5) is 2.47. The minimum absolute atomic E-state index is 0.313. The summed E-state index contributed by atoms with van der Waals surface area (Å²) in [6.45, 7) is 2.40. The van der Waals surface area contributed by atoms with Crippen LogP contribution in [0.2, 0.25) is 0 Å². The second-order valence-electron chi connectivity index (χ2n) is 4.37. The minimum atomic E-state index is 0.313. The largest absolute Gasteiger partial charge is 0.396 e. The maximum Gasteiger partial charge on any atom is 0.110 e. The fourth-order valence-corrected chi connectivity index (χ4v) is 2.68. The summed E-state index contributed by atoms with van der Waals surface area (Å²) >= 11 is 0. The number of likely N-dealkylation sites (tertiary alicyclic amines) is 1. The third-order valence-electron chi connectivity index (χ3n) is 3.41. The third kappa shape index (κ3) is 2.27. The average molecular weight is 199 g/mol. The van der Waals surface area contributed by atoms with Crippen LogP contribution in [0.25, 0.3) is 0 Å². The number of hydrogen-bond donors (Lipinski definition) is 1. The zero-order valence-corrected chi connectivity index (χ0v) is 8.82. The second-order valence-corrected chi connectivity index (χ2v) is 4.37. The third-order valence-corrected chi connectivity index (χ3v) is 3.41. The Hall–Kier alpha value is -0.120. The molecule has 0 bridgehead atoms. The second kappa shape index (κ2) is 5.10. The maximum atomic E-state index is 8.98. The molecule has 0 aliphatic carbocycles. The Bertz CT molecular complexity index is 169. The lowest BCUT2D eigenvalue weighted by molar-refractivity contribution is -0.0930. The standard InChI is InChI=1S/C11H21NO2/c13-8-6-10-4-3-7-12(10)11-5-1-2-9-14-11/h10-11,13H,1-9H2. The van der Waals surface area contributed by atoms with Crippen LogP contribution in [0.1, 0.15) is 38.5 Å². The Morgan fingerprint density at radius 1 is 1.21 bits per heavy atom. The lowest BCUT2D eigenvalue weighted by Gasteiger charge is -2.35. The molecule has 0 radical (unpaired) electrons. The highest BCUT2D eigenvalue weighted by atomic mass is 16.5. The molecule has 3 nitrogen and oxygen atoms in total. The molecule has 0 spiro atoms. The molecule has 2 aliphatic rings. The number of hydrogen-bond acceptors (Lipinski definition) is 3. The van der Waals surface area contributed by atoms with Crippen molar-refractivity contribution < 1.29 is 9.84 Å². The number of ether oxygens (including phenoxy) is 1. The zero-order valence-electron chi connectivity index (χ0n) is 8.82. The van der Waals surface area contributed by atoms with Crippen LogP contribution >= 0.6 is 0 Å². The van der Waals surface area contributed by atoms with Crippen LogP contribution in [0, 0.1) is 0 Å². The van der Waals surface area contributed by atoms with Crippen LogP contribution in [0.15, 0.2) is 0 Å². The molecule has 14 heavy (non-hydrogen) atoms. The molecule has 0 aromatic carbocycles. The van der Waals surface area contributed by atoms with Crippen molar-refractivity contribution in [3.05, 3.63) is 0 Å². The number of aliphatic hydroxyl groups excluding tert-OH is 1. The molecule has 2 unspecified atom stereocenters. The van der Waals surface area contributed by atoms with Gasteiger partial charge in [-0.3, -0.25) is 4.90 Å². The van der Waals surface area contributed by atoms with Gasteiger partial charge in [0, 0.05) is 25.8 Å². The van der Waals surface area contributed by atoms with Crippen molar-refractivity contribution in [1.82, 2.24) is 4.90 Å². The quantitative estimate of drug-likeness (QED) is 0.745. The van der Waals surface area contributed by atoms with Crippen molar-refractivity contribution in [2.45, 2.75) is 50.8 Å². The van der Waals surface area contributed by atoms with Crippen molar-refractivity contribution in [3.63, 3.8) is 0 Å². The fourth-order valence-electron chi connectivity index (χ4n) is 2.68. The summed E-state index contributed by atoms with van der Waals surface area (Å²) in [6.07, 6.45) is 7.47. The molecule has 1 N–H and O–H groups in total. The average Bonchev–Trinajstić information content (AvgIpc) is 2.68. The normalized spacial score (nSPS) is 34.9. The van der Waals surface area contributed by atoms with Gasteiger partial charge in [0.15, 0.2) is 0 Å². The molecule has 2 saturated heterocycles. The van der Waals surface area contributed by atoms with Crippen molar-refractivity contribution in [1.29, 1.82) is 0 Å². The van der Waals surface area contributed by atoms with Gasteiger partial charge in [-0.25, -0.2) is 0 Å². The fraction of sp³-hybridized carbons (Fsp3) is 1.00. The summed E-state index contributed by atoms with van der Waals surface area (Å²) in [5.41, 5.74) is 0. The van der Waals surface area contributed by atoms with E-state index < -0.39 is 0 Å². The van der Waals surface area contributed by atoms with Gasteiger partial charge in [0.25, 0.3) is 0 Å². The number of nitrogens with zero attached hydrogens (tertiary/aromatic N) is 1. The van der Waals surface area contributed by atoms with Gasteiger partial charge in [-0.2, -0.15) is 0 Å². The van der Waals surface area contributed by atoms with E-state index in [1.807, 2.05) is 0 Å². The topological polar surface area (TPSA) is 32.7 Å². The SMILES string of the molecule is OCCC1CCCN1C1CCCCO1. The van der Waals surface area contributed by atoms with Crippen molar-refractivity contribution in [2.24, 2.45) is 0 Å². The van der Waals surface area contributed by atoms with E-state index in [9.17, 15) is 0 Å². The van der Waals surface area contributed by atoms with Gasteiger partial charge in [0.2, 0.25) is 0 Å². The predicted molar refractivity (Wildman–Crippen MR) is 55.0 cm³/mol. The Morgan fingerprint density at radius 2 is 2.14 bits per heavy atom. The smallest absolute Gasteiger partial charge is 0.110 e. The van der Waals surface area contributed by atoms with Crippen molar-refractivity contribution in [3.8, 4) is 0 Å². The van der Waals surface area contributed by atoms with Crippen LogP contribution in [0.4, 0.5) is 0 Å². The Morgan fingerprint density at radius 3 is 2.86 bits per heavy atom. The van der Waals surface area contributed by atoms with Crippen LogP contribution in [-0.2, 0) is 4.74 Å². The van der Waals surface area contributed by atoms with Gasteiger partial charge < -0.3 is 9.84 Å². The molecule has 0 amide bonds. The van der Waals surface area contributed by atoms with E-state index in [-0.39, 0.29) is 0 Å². The highest BCUT2D eigenvalue weighted by Crippen LogP contribution is 2.27. The van der Waals surface area contributed by atoms with E-state index in [1.165, 1.54) is 32.1 Å². The van der Waals surface area contributed by atoms with E-state index in [1.54, 1.807) is 0 Å². The first-order valence-electron chi connectivity index (χ1n) is 5.90. The molecular weight excluding hydrogens is 178 g/mol. The molecule has 82 valence electrons. The summed E-state index contributed by atoms with van der Waals surface area (Å²) in [6, 6.07) is 0.572. The van der Waals surface area contributed by atoms with Crippen molar-refractivity contribution in [2.75, 3.05) is 19.8 Å². The Balaban J connectivity index is 1.87. The first kappa shape index (κ1) is 10.4. The molecule has 2 fully saturated rings. The molecule has 0 aromatic rings. The van der Waals surface area contributed by atoms with Crippen molar-refractivity contribution >= 4 is 0 Å². The lowest BCUT2D eigenvalue weighted by atomic mass is 10.1. The summed E-state index contributed by atoms with van der Waals surface area (Å²) in [7, 11) is 0. The van der Waals surface area contributed by atoms with Gasteiger partial charge in [-0.15, -0.1) is 0 Å². The number of rotatable bonds is 3. The summed E-state index contributed by atoms with van der Waals surface area (Å²) < 4.78 is 5.78. The highest BCUT2D eigenvalue weighted by Gasteiger charge is 2.31. The van der Waals surface area contributed by atoms with Gasteiger partial charge in [-0.1, -0.05) is 0 Å². The van der Waals surface area contributed by atoms with E-state index in [4.69, 9.17) is 9.84 Å². The maximum absolute atomic E-state index is 8.98. The molecule has 2 aliphatic heterocycles. The highest BCUT2D eigenvalue weighted by molar-refractivity contribution is 4.82. The first-order chi connectivity index (χ1) is 6.92. The predicted octanol–water partition coefficient (Wildman–Crippen LogP) is 1.36. The van der Waals surface area contributed by atoms with Crippen LogP contribution in [0.3, 0.4) is 0 Å². The van der Waals surface area contributed by atoms with E-state index >= 15 is 0 Å². The molecule has 0 aromatic heterocycles. The molecule has 2 heterocycles. The van der Waals surface area contributed by atoms with Gasteiger partial charge in [-0.05, 0) is 38.5 Å². The molecule has 3 heteroatoms. The lowest BCUT2D eigenvalue weighted by Crippen LogP contribution is -2.42. The van der Waals surface area contributed by atoms with Crippen LogP contribution in [-0.4, -0.2) is 42.0 Å². The minimum Gasteiger partial charge on any atom is -0.396 e. The van der Waals surface area contributed by atoms with Gasteiger partial charge >= 0.3 is 0 Å². The molecule has 0 saturated carbocycles. The van der Waals surface area contributed by atoms with Crippen LogP contribution in [0.5, 0.6) is 0 Å².